The summed E-state index contributed by atoms with van der Waals surface area (Å²) in [6.45, 7) is 10.4. The second-order valence-corrected chi connectivity index (χ2v) is 4.48. The van der Waals surface area contributed by atoms with Crippen molar-refractivity contribution in [2.75, 3.05) is 13.2 Å². The standard InChI is InChI=1S/C11H19NO/c1-8(2)9(3)12-10-4-5-11(12)7-13-6-10/h8,10-11H,3-7H2,1-2H3. The van der Waals surface area contributed by atoms with Crippen molar-refractivity contribution in [1.82, 2.24) is 4.90 Å². The summed E-state index contributed by atoms with van der Waals surface area (Å²) < 4.78 is 5.53. The van der Waals surface area contributed by atoms with Crippen LogP contribution in [0.3, 0.4) is 0 Å². The minimum atomic E-state index is 0.571. The maximum absolute atomic E-state index is 5.53. The average molecular weight is 181 g/mol. The summed E-state index contributed by atoms with van der Waals surface area (Å²) in [6.07, 6.45) is 2.58. The van der Waals surface area contributed by atoms with Crippen LogP contribution in [0.5, 0.6) is 0 Å². The fraction of sp³-hybridized carbons (Fsp3) is 0.818. The van der Waals surface area contributed by atoms with E-state index in [4.69, 9.17) is 4.74 Å². The van der Waals surface area contributed by atoms with Crippen molar-refractivity contribution in [1.29, 1.82) is 0 Å². The molecule has 0 spiro atoms. The lowest BCUT2D eigenvalue weighted by atomic mass is 10.1. The Bertz CT molecular complexity index is 196. The second kappa shape index (κ2) is 3.33. The predicted octanol–water partition coefficient (Wildman–Crippen LogP) is 2.02. The molecular formula is C11H19NO. The SMILES string of the molecule is C=C(C(C)C)N1C2CCC1COC2. The largest absolute Gasteiger partial charge is 0.377 e. The lowest BCUT2D eigenvalue weighted by Crippen LogP contribution is -2.45. The third-order valence-corrected chi connectivity index (χ3v) is 3.24. The third-order valence-electron chi connectivity index (χ3n) is 3.24. The summed E-state index contributed by atoms with van der Waals surface area (Å²) >= 11 is 0. The fourth-order valence-corrected chi connectivity index (χ4v) is 2.40. The highest BCUT2D eigenvalue weighted by Crippen LogP contribution is 2.33. The second-order valence-electron chi connectivity index (χ2n) is 4.48. The van der Waals surface area contributed by atoms with Crippen LogP contribution in [0.1, 0.15) is 26.7 Å². The first-order chi connectivity index (χ1) is 6.20. The van der Waals surface area contributed by atoms with E-state index >= 15 is 0 Å². The van der Waals surface area contributed by atoms with Crippen LogP contribution in [0.2, 0.25) is 0 Å². The summed E-state index contributed by atoms with van der Waals surface area (Å²) in [7, 11) is 0. The minimum Gasteiger partial charge on any atom is -0.377 e. The molecule has 74 valence electrons. The summed E-state index contributed by atoms with van der Waals surface area (Å²) in [6, 6.07) is 1.24. The molecule has 0 saturated carbocycles. The van der Waals surface area contributed by atoms with Gasteiger partial charge in [-0.3, -0.25) is 0 Å². The number of ether oxygens (including phenoxy) is 1. The highest BCUT2D eigenvalue weighted by atomic mass is 16.5. The number of allylic oxidation sites excluding steroid dienone is 1. The first-order valence-electron chi connectivity index (χ1n) is 5.25. The number of hydrogen-bond acceptors (Lipinski definition) is 2. The zero-order valence-electron chi connectivity index (χ0n) is 8.62. The van der Waals surface area contributed by atoms with Gasteiger partial charge in [0.25, 0.3) is 0 Å². The van der Waals surface area contributed by atoms with Crippen LogP contribution in [-0.4, -0.2) is 30.2 Å². The zero-order valence-corrected chi connectivity index (χ0v) is 8.62. The van der Waals surface area contributed by atoms with Gasteiger partial charge in [-0.15, -0.1) is 0 Å². The Balaban J connectivity index is 2.10. The lowest BCUT2D eigenvalue weighted by molar-refractivity contribution is -0.000543. The fourth-order valence-electron chi connectivity index (χ4n) is 2.40. The number of hydrogen-bond donors (Lipinski definition) is 0. The average Bonchev–Trinajstić information content (AvgIpc) is 2.34. The molecule has 0 aromatic heterocycles. The smallest absolute Gasteiger partial charge is 0.0671 e. The highest BCUT2D eigenvalue weighted by Gasteiger charge is 2.38. The molecule has 2 fully saturated rings. The maximum Gasteiger partial charge on any atom is 0.0671 e. The van der Waals surface area contributed by atoms with Gasteiger partial charge < -0.3 is 9.64 Å². The number of rotatable bonds is 2. The van der Waals surface area contributed by atoms with E-state index in [1.165, 1.54) is 18.5 Å². The Hall–Kier alpha value is -0.500. The van der Waals surface area contributed by atoms with E-state index in [2.05, 4.69) is 25.3 Å². The van der Waals surface area contributed by atoms with E-state index in [-0.39, 0.29) is 0 Å². The molecule has 2 nitrogen and oxygen atoms in total. The molecule has 2 aliphatic heterocycles. The van der Waals surface area contributed by atoms with Crippen molar-refractivity contribution in [3.05, 3.63) is 12.3 Å². The first kappa shape index (κ1) is 9.07. The van der Waals surface area contributed by atoms with Gasteiger partial charge in [0.1, 0.15) is 0 Å². The molecule has 0 aromatic carbocycles. The molecule has 0 amide bonds. The van der Waals surface area contributed by atoms with Gasteiger partial charge >= 0.3 is 0 Å². The van der Waals surface area contributed by atoms with E-state index in [1.807, 2.05) is 0 Å². The Morgan fingerprint density at radius 3 is 2.31 bits per heavy atom. The molecule has 13 heavy (non-hydrogen) atoms. The maximum atomic E-state index is 5.53. The van der Waals surface area contributed by atoms with E-state index in [9.17, 15) is 0 Å². The van der Waals surface area contributed by atoms with Crippen molar-refractivity contribution < 1.29 is 4.74 Å². The van der Waals surface area contributed by atoms with E-state index in [1.54, 1.807) is 0 Å². The Labute approximate surface area is 80.6 Å². The van der Waals surface area contributed by atoms with Gasteiger partial charge in [-0.2, -0.15) is 0 Å². The van der Waals surface area contributed by atoms with Crippen molar-refractivity contribution in [3.63, 3.8) is 0 Å². The molecule has 2 rings (SSSR count). The van der Waals surface area contributed by atoms with Crippen LogP contribution in [0.4, 0.5) is 0 Å². The van der Waals surface area contributed by atoms with Crippen LogP contribution in [0.15, 0.2) is 12.3 Å². The van der Waals surface area contributed by atoms with Gasteiger partial charge in [0, 0.05) is 5.70 Å². The van der Waals surface area contributed by atoms with Gasteiger partial charge in [0.05, 0.1) is 25.3 Å². The molecule has 2 heterocycles. The summed E-state index contributed by atoms with van der Waals surface area (Å²) in [5, 5.41) is 0. The lowest BCUT2D eigenvalue weighted by Gasteiger charge is -2.39. The molecule has 2 saturated heterocycles. The van der Waals surface area contributed by atoms with E-state index in [0.717, 1.165) is 13.2 Å². The van der Waals surface area contributed by atoms with Crippen LogP contribution in [0, 0.1) is 5.92 Å². The van der Waals surface area contributed by atoms with Gasteiger partial charge in [-0.25, -0.2) is 0 Å². The number of fused-ring (bicyclic) bond motifs is 2. The Morgan fingerprint density at radius 1 is 1.31 bits per heavy atom. The van der Waals surface area contributed by atoms with Gasteiger partial charge in [-0.1, -0.05) is 20.4 Å². The van der Waals surface area contributed by atoms with Crippen LogP contribution in [0.25, 0.3) is 0 Å². The van der Waals surface area contributed by atoms with Crippen LogP contribution in [-0.2, 0) is 4.74 Å². The minimum absolute atomic E-state index is 0.571. The summed E-state index contributed by atoms with van der Waals surface area (Å²) in [5.41, 5.74) is 1.30. The molecule has 2 atom stereocenters. The Kier molecular flexibility index (Phi) is 2.33. The molecule has 0 aliphatic carbocycles. The van der Waals surface area contributed by atoms with Crippen molar-refractivity contribution in [3.8, 4) is 0 Å². The van der Waals surface area contributed by atoms with Crippen molar-refractivity contribution in [2.24, 2.45) is 5.92 Å². The zero-order chi connectivity index (χ0) is 9.42. The molecule has 0 radical (unpaired) electrons. The molecule has 2 unspecified atom stereocenters. The van der Waals surface area contributed by atoms with Crippen LogP contribution < -0.4 is 0 Å². The van der Waals surface area contributed by atoms with Crippen LogP contribution >= 0.6 is 0 Å². The monoisotopic (exact) mass is 181 g/mol. The molecule has 0 N–H and O–H groups in total. The molecule has 2 bridgehead atoms. The molecule has 2 aliphatic rings. The third kappa shape index (κ3) is 1.48. The van der Waals surface area contributed by atoms with Gasteiger partial charge in [0.15, 0.2) is 0 Å². The van der Waals surface area contributed by atoms with Crippen molar-refractivity contribution in [2.45, 2.75) is 38.8 Å². The summed E-state index contributed by atoms with van der Waals surface area (Å²) in [4.78, 5) is 2.51. The summed E-state index contributed by atoms with van der Waals surface area (Å²) in [5.74, 6) is 0.571. The van der Waals surface area contributed by atoms with E-state index < -0.39 is 0 Å². The van der Waals surface area contributed by atoms with E-state index in [0.29, 0.717) is 18.0 Å². The normalized spacial score (nSPS) is 32.7. The van der Waals surface area contributed by atoms with Crippen molar-refractivity contribution >= 4 is 0 Å². The predicted molar refractivity (Wildman–Crippen MR) is 53.4 cm³/mol. The molecular weight excluding hydrogens is 162 g/mol. The van der Waals surface area contributed by atoms with Gasteiger partial charge in [0.2, 0.25) is 0 Å². The quantitative estimate of drug-likeness (QED) is 0.646. The highest BCUT2D eigenvalue weighted by molar-refractivity contribution is 5.07. The first-order valence-corrected chi connectivity index (χ1v) is 5.25. The molecule has 2 heteroatoms. The number of morpholine rings is 1. The number of nitrogens with zero attached hydrogens (tertiary/aromatic N) is 1. The Morgan fingerprint density at radius 2 is 1.85 bits per heavy atom. The van der Waals surface area contributed by atoms with Gasteiger partial charge in [-0.05, 0) is 18.8 Å². The molecule has 0 aromatic rings. The topological polar surface area (TPSA) is 12.5 Å².